The summed E-state index contributed by atoms with van der Waals surface area (Å²) in [4.78, 5) is 47.3. The Labute approximate surface area is 231 Å². The third-order valence-electron chi connectivity index (χ3n) is 7.21. The fourth-order valence-corrected chi connectivity index (χ4v) is 4.98. The molecule has 6 rings (SSSR count). The Hall–Kier alpha value is -4.68. The number of H-pyrrole nitrogens is 1. The minimum atomic E-state index is -5.08. The lowest BCUT2D eigenvalue weighted by Crippen LogP contribution is -2.37. The van der Waals surface area contributed by atoms with Gasteiger partial charge >= 0.3 is 12.1 Å². The van der Waals surface area contributed by atoms with Crippen LogP contribution in [0, 0.1) is 6.92 Å². The Bertz CT molecular complexity index is 1640. The van der Waals surface area contributed by atoms with Crippen LogP contribution in [0.4, 0.5) is 19.0 Å². The van der Waals surface area contributed by atoms with Crippen molar-refractivity contribution in [3.05, 3.63) is 87.9 Å². The number of aryl methyl sites for hydroxylation is 2. The van der Waals surface area contributed by atoms with Crippen molar-refractivity contribution in [2.75, 3.05) is 5.32 Å². The number of hydrogen-bond donors (Lipinski definition) is 4. The van der Waals surface area contributed by atoms with Crippen LogP contribution in [-0.2, 0) is 28.1 Å². The van der Waals surface area contributed by atoms with E-state index >= 15 is 0 Å². The van der Waals surface area contributed by atoms with Crippen molar-refractivity contribution < 1.29 is 27.9 Å². The zero-order valence-electron chi connectivity index (χ0n) is 22.0. The lowest BCUT2D eigenvalue weighted by atomic mass is 10.0. The van der Waals surface area contributed by atoms with Crippen molar-refractivity contribution in [3.8, 4) is 0 Å². The van der Waals surface area contributed by atoms with E-state index in [1.807, 2.05) is 18.2 Å². The molecule has 1 aliphatic carbocycles. The number of carbonyl (C=O) groups excluding carboxylic acids is 1. The van der Waals surface area contributed by atoms with E-state index in [4.69, 9.17) is 9.90 Å². The third-order valence-corrected chi connectivity index (χ3v) is 7.21. The number of amides is 1. The van der Waals surface area contributed by atoms with Crippen LogP contribution in [-0.4, -0.2) is 42.7 Å². The van der Waals surface area contributed by atoms with Gasteiger partial charge in [-0.15, -0.1) is 0 Å². The summed E-state index contributed by atoms with van der Waals surface area (Å²) in [5.41, 5.74) is 4.54. The second-order valence-corrected chi connectivity index (χ2v) is 10.2. The first-order valence-electron chi connectivity index (χ1n) is 12.9. The van der Waals surface area contributed by atoms with E-state index in [0.717, 1.165) is 35.1 Å². The molecule has 1 atom stereocenters. The number of carboxylic acid groups (broad SMARTS) is 1. The number of pyridine rings is 1. The Morgan fingerprint density at radius 2 is 1.95 bits per heavy atom. The standard InChI is InChI=1S/C26H26N6O2.C2HF3O2/c1-16-3-2-4-18(11-16)26(8-9-26)31-23-25(34)32-20(15-28-23)5-6-22(32)24(33)29-14-19-12-17-13-27-10-7-21(17)30-19;3-2(4,5)1(6)7/h2-4,7,10-13,15,22,30H,5-6,8-9,14H2,1H3,(H,28,31)(H,29,33);(H,6,7)/t22-;/m0./s1. The Morgan fingerprint density at radius 1 is 1.20 bits per heavy atom. The van der Waals surface area contributed by atoms with Gasteiger partial charge in [-0.3, -0.25) is 19.1 Å². The van der Waals surface area contributed by atoms with Gasteiger partial charge in [0.05, 0.1) is 12.1 Å². The summed E-state index contributed by atoms with van der Waals surface area (Å²) in [7, 11) is 0. The maximum Gasteiger partial charge on any atom is 0.490 e. The van der Waals surface area contributed by atoms with Crippen molar-refractivity contribution >= 4 is 28.6 Å². The van der Waals surface area contributed by atoms with Gasteiger partial charge in [-0.2, -0.15) is 13.2 Å². The summed E-state index contributed by atoms with van der Waals surface area (Å²) in [6, 6.07) is 11.7. The molecule has 41 heavy (non-hydrogen) atoms. The Morgan fingerprint density at radius 3 is 2.61 bits per heavy atom. The predicted molar refractivity (Wildman–Crippen MR) is 143 cm³/mol. The molecule has 1 saturated carbocycles. The molecule has 1 amide bonds. The number of nitrogens with zero attached hydrogens (tertiary/aromatic N) is 3. The molecule has 0 saturated heterocycles. The normalized spacial score (nSPS) is 16.8. The molecule has 3 aromatic heterocycles. The molecule has 0 unspecified atom stereocenters. The fraction of sp³-hybridized carbons (Fsp3) is 0.321. The molecule has 4 N–H and O–H groups in total. The van der Waals surface area contributed by atoms with Crippen LogP contribution in [0.3, 0.4) is 0 Å². The van der Waals surface area contributed by atoms with Gasteiger partial charge in [0.2, 0.25) is 5.91 Å². The summed E-state index contributed by atoms with van der Waals surface area (Å²) >= 11 is 0. The van der Waals surface area contributed by atoms with E-state index in [9.17, 15) is 22.8 Å². The summed E-state index contributed by atoms with van der Waals surface area (Å²) in [6.07, 6.45) is 3.30. The SMILES string of the molecule is Cc1cccc(C2(Nc3ncc4n(c3=O)[C@H](C(=O)NCc3cc5cnccc5[nH]3)CC4)CC2)c1.O=C(O)C(F)(F)F. The van der Waals surface area contributed by atoms with Crippen molar-refractivity contribution in [2.45, 2.75) is 56.9 Å². The smallest absolute Gasteiger partial charge is 0.475 e. The first kappa shape index (κ1) is 27.9. The zero-order valence-corrected chi connectivity index (χ0v) is 22.0. The minimum absolute atomic E-state index is 0.158. The van der Waals surface area contributed by atoms with Crippen LogP contribution in [0.1, 0.15) is 47.8 Å². The van der Waals surface area contributed by atoms with Crippen molar-refractivity contribution in [1.29, 1.82) is 0 Å². The largest absolute Gasteiger partial charge is 0.490 e. The van der Waals surface area contributed by atoms with Crippen molar-refractivity contribution in [2.24, 2.45) is 0 Å². The maximum atomic E-state index is 13.4. The molecule has 13 heteroatoms. The molecule has 0 radical (unpaired) electrons. The molecule has 0 spiro atoms. The molecule has 4 aromatic rings. The van der Waals surface area contributed by atoms with Crippen molar-refractivity contribution in [3.63, 3.8) is 0 Å². The second-order valence-electron chi connectivity index (χ2n) is 10.2. The number of benzene rings is 1. The predicted octanol–water partition coefficient (Wildman–Crippen LogP) is 3.97. The number of rotatable bonds is 6. The van der Waals surface area contributed by atoms with E-state index in [1.165, 1.54) is 11.1 Å². The summed E-state index contributed by atoms with van der Waals surface area (Å²) < 4.78 is 33.4. The van der Waals surface area contributed by atoms with E-state index in [1.54, 1.807) is 23.2 Å². The van der Waals surface area contributed by atoms with Crippen LogP contribution in [0.15, 0.2) is 59.8 Å². The number of aromatic amines is 1. The van der Waals surface area contributed by atoms with Crippen LogP contribution in [0.2, 0.25) is 0 Å². The fourth-order valence-electron chi connectivity index (χ4n) is 4.98. The molecule has 4 heterocycles. The topological polar surface area (TPSA) is 142 Å². The molecule has 1 aromatic carbocycles. The number of alkyl halides is 3. The average Bonchev–Trinajstić information content (AvgIpc) is 3.38. The molecule has 1 fully saturated rings. The first-order valence-corrected chi connectivity index (χ1v) is 12.9. The van der Waals surface area contributed by atoms with Crippen LogP contribution in [0.5, 0.6) is 0 Å². The first-order chi connectivity index (χ1) is 19.5. The third kappa shape index (κ3) is 5.93. The molecule has 0 bridgehead atoms. The van der Waals surface area contributed by atoms with Gasteiger partial charge < -0.3 is 20.7 Å². The number of hydrogen-bond acceptors (Lipinski definition) is 6. The van der Waals surface area contributed by atoms with Gasteiger partial charge in [0.1, 0.15) is 6.04 Å². The van der Waals surface area contributed by atoms with E-state index in [2.05, 4.69) is 50.7 Å². The Kier molecular flexibility index (Phi) is 7.28. The Balaban J connectivity index is 0.000000431. The van der Waals surface area contributed by atoms with Crippen LogP contribution in [0.25, 0.3) is 10.9 Å². The van der Waals surface area contributed by atoms with Crippen LogP contribution < -0.4 is 16.2 Å². The lowest BCUT2D eigenvalue weighted by molar-refractivity contribution is -0.192. The molecule has 2 aliphatic rings. The highest BCUT2D eigenvalue weighted by Gasteiger charge is 2.45. The van der Waals surface area contributed by atoms with E-state index in [0.29, 0.717) is 25.2 Å². The number of fused-ring (bicyclic) bond motifs is 2. The number of carboxylic acids is 1. The van der Waals surface area contributed by atoms with Gasteiger partial charge in [-0.1, -0.05) is 29.8 Å². The zero-order chi connectivity index (χ0) is 29.4. The number of nitrogens with one attached hydrogen (secondary N) is 3. The average molecular weight is 569 g/mol. The van der Waals surface area contributed by atoms with Gasteiger partial charge in [-0.25, -0.2) is 9.78 Å². The summed E-state index contributed by atoms with van der Waals surface area (Å²) in [6.45, 7) is 2.43. The van der Waals surface area contributed by atoms with Gasteiger partial charge in [0.25, 0.3) is 5.56 Å². The molecule has 214 valence electrons. The van der Waals surface area contributed by atoms with E-state index < -0.39 is 18.2 Å². The quantitative estimate of drug-likeness (QED) is 0.276. The molecule has 10 nitrogen and oxygen atoms in total. The molecular formula is C28H27F3N6O4. The lowest BCUT2D eigenvalue weighted by Gasteiger charge is -2.20. The number of anilines is 1. The monoisotopic (exact) mass is 568 g/mol. The van der Waals surface area contributed by atoms with Gasteiger partial charge in [0, 0.05) is 40.9 Å². The van der Waals surface area contributed by atoms with Crippen LogP contribution >= 0.6 is 0 Å². The molecular weight excluding hydrogens is 541 g/mol. The van der Waals surface area contributed by atoms with E-state index in [-0.39, 0.29) is 17.0 Å². The van der Waals surface area contributed by atoms with Crippen molar-refractivity contribution in [1.82, 2.24) is 24.8 Å². The number of aromatic nitrogens is 4. The van der Waals surface area contributed by atoms with Gasteiger partial charge in [-0.05, 0) is 50.3 Å². The maximum absolute atomic E-state index is 13.4. The second kappa shape index (κ2) is 10.7. The number of halogens is 3. The summed E-state index contributed by atoms with van der Waals surface area (Å²) in [5.74, 6) is -2.60. The highest BCUT2D eigenvalue weighted by molar-refractivity contribution is 5.82. The minimum Gasteiger partial charge on any atom is -0.475 e. The highest BCUT2D eigenvalue weighted by atomic mass is 19.4. The summed E-state index contributed by atoms with van der Waals surface area (Å²) in [5, 5.41) is 14.5. The highest BCUT2D eigenvalue weighted by Crippen LogP contribution is 2.47. The number of aliphatic carboxylic acids is 1. The number of carbonyl (C=O) groups is 2. The van der Waals surface area contributed by atoms with Gasteiger partial charge in [0.15, 0.2) is 5.82 Å². The molecule has 1 aliphatic heterocycles.